The highest BCUT2D eigenvalue weighted by atomic mass is 32.2. The molecule has 0 unspecified atom stereocenters. The number of hydrogen-bond acceptors (Lipinski definition) is 3. The molecule has 1 aliphatic heterocycles. The fourth-order valence-electron chi connectivity index (χ4n) is 4.23. The first-order chi connectivity index (χ1) is 11.2. The third kappa shape index (κ3) is 2.04. The van der Waals surface area contributed by atoms with Gasteiger partial charge in [0.1, 0.15) is 10.5 Å². The molecule has 0 saturated heterocycles. The summed E-state index contributed by atoms with van der Waals surface area (Å²) in [6.07, 6.45) is 3.59. The quantitative estimate of drug-likeness (QED) is 0.839. The Morgan fingerprint density at radius 1 is 0.957 bits per heavy atom. The van der Waals surface area contributed by atoms with Gasteiger partial charge in [-0.1, -0.05) is 49.2 Å². The Hall–Kier alpha value is -1.81. The van der Waals surface area contributed by atoms with Crippen LogP contribution in [0.1, 0.15) is 31.2 Å². The summed E-state index contributed by atoms with van der Waals surface area (Å²) in [7, 11) is -3.48. The Labute approximate surface area is 137 Å². The van der Waals surface area contributed by atoms with Gasteiger partial charge in [0.25, 0.3) is 0 Å². The molecule has 4 heteroatoms. The molecule has 0 spiro atoms. The van der Waals surface area contributed by atoms with Crippen LogP contribution < -0.4 is 4.74 Å². The zero-order valence-electron chi connectivity index (χ0n) is 12.9. The van der Waals surface area contributed by atoms with Gasteiger partial charge in [-0.05, 0) is 31.0 Å². The van der Waals surface area contributed by atoms with Crippen LogP contribution in [0.25, 0.3) is 0 Å². The van der Waals surface area contributed by atoms with Gasteiger partial charge in [-0.15, -0.1) is 0 Å². The third-order valence-corrected chi connectivity index (χ3v) is 7.94. The van der Waals surface area contributed by atoms with Crippen molar-refractivity contribution >= 4 is 9.84 Å². The van der Waals surface area contributed by atoms with Crippen LogP contribution in [0.4, 0.5) is 0 Å². The molecule has 2 aromatic carbocycles. The van der Waals surface area contributed by atoms with E-state index in [4.69, 9.17) is 4.74 Å². The van der Waals surface area contributed by atoms with Crippen LogP contribution in [0.15, 0.2) is 59.5 Å². The zero-order chi connectivity index (χ0) is 15.9. The molecule has 120 valence electrons. The van der Waals surface area contributed by atoms with Crippen LogP contribution in [-0.2, 0) is 14.6 Å². The predicted molar refractivity (Wildman–Crippen MR) is 89.2 cm³/mol. The van der Waals surface area contributed by atoms with Crippen molar-refractivity contribution in [1.29, 1.82) is 0 Å². The van der Waals surface area contributed by atoms with Crippen LogP contribution in [-0.4, -0.2) is 15.0 Å². The second kappa shape index (κ2) is 5.38. The normalized spacial score (nSPS) is 26.7. The van der Waals surface area contributed by atoms with Crippen molar-refractivity contribution in [3.8, 4) is 5.75 Å². The van der Waals surface area contributed by atoms with E-state index >= 15 is 0 Å². The van der Waals surface area contributed by atoms with Crippen LogP contribution in [0.2, 0.25) is 0 Å². The summed E-state index contributed by atoms with van der Waals surface area (Å²) < 4.78 is 32.3. The molecule has 2 aromatic rings. The summed E-state index contributed by atoms with van der Waals surface area (Å²) in [6.45, 7) is 0.489. The van der Waals surface area contributed by atoms with Gasteiger partial charge in [-0.25, -0.2) is 8.42 Å². The van der Waals surface area contributed by atoms with Crippen molar-refractivity contribution in [2.45, 2.75) is 35.3 Å². The van der Waals surface area contributed by atoms with Crippen molar-refractivity contribution < 1.29 is 13.2 Å². The predicted octanol–water partition coefficient (Wildman–Crippen LogP) is 3.94. The Morgan fingerprint density at radius 3 is 2.52 bits per heavy atom. The molecule has 4 rings (SSSR count). The minimum atomic E-state index is -3.48. The highest BCUT2D eigenvalue weighted by Crippen LogP contribution is 2.54. The monoisotopic (exact) mass is 328 g/mol. The maximum atomic E-state index is 13.7. The standard InChI is InChI=1S/C19H20O3S/c20-23(21,16-9-2-1-3-10-16)19-13-7-6-8-15(19)14-22-18-12-5-4-11-17(18)19/h1-5,9-12,15H,6-8,13-14H2/t15-,19+/m1/s1. The summed E-state index contributed by atoms with van der Waals surface area (Å²) in [5, 5.41) is 0. The molecule has 0 amide bonds. The molecule has 0 bridgehead atoms. The summed E-state index contributed by atoms with van der Waals surface area (Å²) >= 11 is 0. The Morgan fingerprint density at radius 2 is 1.70 bits per heavy atom. The number of ether oxygens (including phenoxy) is 1. The second-order valence-electron chi connectivity index (χ2n) is 6.46. The summed E-state index contributed by atoms with van der Waals surface area (Å²) in [5.41, 5.74) is 0.847. The van der Waals surface area contributed by atoms with Gasteiger partial charge in [0, 0.05) is 11.5 Å². The maximum absolute atomic E-state index is 13.7. The van der Waals surface area contributed by atoms with Gasteiger partial charge in [0.15, 0.2) is 9.84 Å². The zero-order valence-corrected chi connectivity index (χ0v) is 13.8. The molecule has 1 fully saturated rings. The molecular weight excluding hydrogens is 308 g/mol. The molecule has 0 radical (unpaired) electrons. The van der Waals surface area contributed by atoms with Crippen molar-refractivity contribution in [1.82, 2.24) is 0 Å². The van der Waals surface area contributed by atoms with Crippen molar-refractivity contribution in [3.05, 3.63) is 60.2 Å². The van der Waals surface area contributed by atoms with Crippen molar-refractivity contribution in [3.63, 3.8) is 0 Å². The molecule has 1 saturated carbocycles. The average molecular weight is 328 g/mol. The first-order valence-corrected chi connectivity index (χ1v) is 9.66. The smallest absolute Gasteiger partial charge is 0.188 e. The van der Waals surface area contributed by atoms with E-state index in [-0.39, 0.29) is 5.92 Å². The lowest BCUT2D eigenvalue weighted by molar-refractivity contribution is 0.133. The summed E-state index contributed by atoms with van der Waals surface area (Å²) in [6, 6.07) is 16.5. The average Bonchev–Trinajstić information content (AvgIpc) is 2.62. The summed E-state index contributed by atoms with van der Waals surface area (Å²) in [5.74, 6) is 0.751. The Kier molecular flexibility index (Phi) is 3.45. The highest BCUT2D eigenvalue weighted by molar-refractivity contribution is 7.92. The lowest BCUT2D eigenvalue weighted by atomic mass is 9.73. The van der Waals surface area contributed by atoms with E-state index in [2.05, 4.69) is 0 Å². The molecule has 23 heavy (non-hydrogen) atoms. The second-order valence-corrected chi connectivity index (χ2v) is 8.66. The Bertz CT molecular complexity index is 814. The fraction of sp³-hybridized carbons (Fsp3) is 0.368. The number of para-hydroxylation sites is 1. The molecule has 1 heterocycles. The minimum Gasteiger partial charge on any atom is -0.493 e. The largest absolute Gasteiger partial charge is 0.493 e. The van der Waals surface area contributed by atoms with Crippen molar-refractivity contribution in [2.75, 3.05) is 6.61 Å². The van der Waals surface area contributed by atoms with E-state index in [9.17, 15) is 8.42 Å². The van der Waals surface area contributed by atoms with E-state index < -0.39 is 14.6 Å². The van der Waals surface area contributed by atoms with Gasteiger partial charge >= 0.3 is 0 Å². The Balaban J connectivity index is 1.98. The number of benzene rings is 2. The SMILES string of the molecule is O=S(=O)(c1ccccc1)[C@@]12CCCC[C@@H]1COc1ccccc12. The molecule has 1 aliphatic carbocycles. The number of rotatable bonds is 2. The first kappa shape index (κ1) is 14.8. The van der Waals surface area contributed by atoms with E-state index in [1.54, 1.807) is 24.3 Å². The third-order valence-electron chi connectivity index (χ3n) is 5.33. The topological polar surface area (TPSA) is 43.4 Å². The van der Waals surface area contributed by atoms with E-state index in [0.29, 0.717) is 17.9 Å². The molecule has 2 aliphatic rings. The van der Waals surface area contributed by atoms with E-state index in [1.165, 1.54) is 0 Å². The van der Waals surface area contributed by atoms with Crippen LogP contribution in [0, 0.1) is 5.92 Å². The number of hydrogen-bond donors (Lipinski definition) is 0. The highest BCUT2D eigenvalue weighted by Gasteiger charge is 2.56. The number of sulfone groups is 1. The maximum Gasteiger partial charge on any atom is 0.188 e. The molecule has 2 atom stereocenters. The fourth-order valence-corrected chi connectivity index (χ4v) is 6.66. The molecule has 0 aromatic heterocycles. The van der Waals surface area contributed by atoms with E-state index in [0.717, 1.165) is 30.6 Å². The van der Waals surface area contributed by atoms with Crippen LogP contribution in [0.3, 0.4) is 0 Å². The molecule has 0 N–H and O–H groups in total. The van der Waals surface area contributed by atoms with Gasteiger partial charge in [0.05, 0.1) is 11.5 Å². The van der Waals surface area contributed by atoms with Gasteiger partial charge < -0.3 is 4.74 Å². The van der Waals surface area contributed by atoms with Crippen LogP contribution >= 0.6 is 0 Å². The van der Waals surface area contributed by atoms with Gasteiger partial charge in [0.2, 0.25) is 0 Å². The lowest BCUT2D eigenvalue weighted by Crippen LogP contribution is -2.50. The summed E-state index contributed by atoms with van der Waals surface area (Å²) in [4.78, 5) is 0.420. The van der Waals surface area contributed by atoms with Crippen LogP contribution in [0.5, 0.6) is 5.75 Å². The van der Waals surface area contributed by atoms with Gasteiger partial charge in [-0.3, -0.25) is 0 Å². The first-order valence-electron chi connectivity index (χ1n) is 8.18. The molecular formula is C19H20O3S. The minimum absolute atomic E-state index is 0.0244. The van der Waals surface area contributed by atoms with Gasteiger partial charge in [-0.2, -0.15) is 0 Å². The lowest BCUT2D eigenvalue weighted by Gasteiger charge is -2.47. The number of fused-ring (bicyclic) bond motifs is 3. The van der Waals surface area contributed by atoms with E-state index in [1.807, 2.05) is 30.3 Å². The molecule has 3 nitrogen and oxygen atoms in total. The van der Waals surface area contributed by atoms with Crippen molar-refractivity contribution in [2.24, 2.45) is 5.92 Å².